The Morgan fingerprint density at radius 2 is 2.00 bits per heavy atom. The van der Waals surface area contributed by atoms with E-state index in [0.717, 1.165) is 24.1 Å². The Morgan fingerprint density at radius 1 is 1.18 bits per heavy atom. The summed E-state index contributed by atoms with van der Waals surface area (Å²) in [6.07, 6.45) is 4.02. The van der Waals surface area contributed by atoms with Crippen LogP contribution in [-0.4, -0.2) is 23.1 Å². The Balaban J connectivity index is 1.98. The first kappa shape index (κ1) is 10.5. The molecule has 0 atom stereocenters. The predicted molar refractivity (Wildman–Crippen MR) is 68.8 cm³/mol. The van der Waals surface area contributed by atoms with Gasteiger partial charge in [-0.3, -0.25) is 4.98 Å². The van der Waals surface area contributed by atoms with Crippen molar-refractivity contribution in [1.82, 2.24) is 15.3 Å². The smallest absolute Gasteiger partial charge is 0.142 e. The fourth-order valence-electron chi connectivity index (χ4n) is 2.45. The molecule has 0 saturated carbocycles. The first-order valence-electron chi connectivity index (χ1n) is 6.06. The summed E-state index contributed by atoms with van der Waals surface area (Å²) in [5, 5.41) is 3.38. The number of aromatic nitrogens is 2. The van der Waals surface area contributed by atoms with Gasteiger partial charge in [0.1, 0.15) is 5.82 Å². The van der Waals surface area contributed by atoms with Gasteiger partial charge in [-0.25, -0.2) is 4.98 Å². The normalized spacial score (nSPS) is 17.4. The SMILES string of the molecule is Nc1cnc2cc(C3CCNCC3)ccc2n1. The van der Waals surface area contributed by atoms with Gasteiger partial charge in [0.15, 0.2) is 0 Å². The highest BCUT2D eigenvalue weighted by Crippen LogP contribution is 2.27. The van der Waals surface area contributed by atoms with Crippen LogP contribution in [0.2, 0.25) is 0 Å². The van der Waals surface area contributed by atoms with Crippen molar-refractivity contribution in [3.8, 4) is 0 Å². The van der Waals surface area contributed by atoms with Gasteiger partial charge in [0.05, 0.1) is 17.2 Å². The van der Waals surface area contributed by atoms with E-state index in [1.165, 1.54) is 18.4 Å². The second-order valence-electron chi connectivity index (χ2n) is 4.57. The molecule has 1 saturated heterocycles. The van der Waals surface area contributed by atoms with Crippen molar-refractivity contribution in [3.63, 3.8) is 0 Å². The Labute approximate surface area is 100 Å². The largest absolute Gasteiger partial charge is 0.382 e. The minimum absolute atomic E-state index is 0.479. The third-order valence-electron chi connectivity index (χ3n) is 3.40. The molecule has 88 valence electrons. The van der Waals surface area contributed by atoms with Gasteiger partial charge in [-0.05, 0) is 49.5 Å². The zero-order valence-electron chi connectivity index (χ0n) is 9.69. The molecule has 1 aromatic heterocycles. The molecule has 2 aromatic rings. The fourth-order valence-corrected chi connectivity index (χ4v) is 2.45. The lowest BCUT2D eigenvalue weighted by molar-refractivity contribution is 0.460. The van der Waals surface area contributed by atoms with Crippen LogP contribution in [-0.2, 0) is 0 Å². The van der Waals surface area contributed by atoms with Crippen molar-refractivity contribution in [2.75, 3.05) is 18.8 Å². The van der Waals surface area contributed by atoms with Crippen molar-refractivity contribution in [2.45, 2.75) is 18.8 Å². The van der Waals surface area contributed by atoms with E-state index in [-0.39, 0.29) is 0 Å². The van der Waals surface area contributed by atoms with Gasteiger partial charge in [-0.2, -0.15) is 0 Å². The van der Waals surface area contributed by atoms with Gasteiger partial charge < -0.3 is 11.1 Å². The second-order valence-corrected chi connectivity index (χ2v) is 4.57. The summed E-state index contributed by atoms with van der Waals surface area (Å²) >= 11 is 0. The number of hydrogen-bond donors (Lipinski definition) is 2. The molecule has 0 unspecified atom stereocenters. The summed E-state index contributed by atoms with van der Waals surface area (Å²) in [6, 6.07) is 6.33. The number of nitrogens with zero attached hydrogens (tertiary/aromatic N) is 2. The zero-order chi connectivity index (χ0) is 11.7. The molecule has 0 amide bonds. The van der Waals surface area contributed by atoms with Crippen LogP contribution in [0.25, 0.3) is 11.0 Å². The summed E-state index contributed by atoms with van der Waals surface area (Å²) < 4.78 is 0. The molecule has 1 fully saturated rings. The zero-order valence-corrected chi connectivity index (χ0v) is 9.69. The van der Waals surface area contributed by atoms with Crippen molar-refractivity contribution >= 4 is 16.9 Å². The Hall–Kier alpha value is -1.68. The topological polar surface area (TPSA) is 63.8 Å². The van der Waals surface area contributed by atoms with E-state index in [1.54, 1.807) is 6.20 Å². The molecule has 2 heterocycles. The quantitative estimate of drug-likeness (QED) is 0.779. The van der Waals surface area contributed by atoms with Gasteiger partial charge >= 0.3 is 0 Å². The molecule has 0 radical (unpaired) electrons. The Bertz CT molecular complexity index is 532. The Kier molecular flexibility index (Phi) is 2.65. The number of rotatable bonds is 1. The number of hydrogen-bond acceptors (Lipinski definition) is 4. The molecule has 1 aromatic carbocycles. The first-order valence-corrected chi connectivity index (χ1v) is 6.06. The number of benzene rings is 1. The maximum absolute atomic E-state index is 5.62. The van der Waals surface area contributed by atoms with E-state index < -0.39 is 0 Å². The number of fused-ring (bicyclic) bond motifs is 1. The van der Waals surface area contributed by atoms with Crippen LogP contribution < -0.4 is 11.1 Å². The third kappa shape index (κ3) is 2.08. The maximum Gasteiger partial charge on any atom is 0.142 e. The van der Waals surface area contributed by atoms with Crippen LogP contribution in [0.15, 0.2) is 24.4 Å². The molecule has 0 spiro atoms. The van der Waals surface area contributed by atoms with Gasteiger partial charge in [0, 0.05) is 0 Å². The van der Waals surface area contributed by atoms with E-state index in [1.807, 2.05) is 6.07 Å². The number of anilines is 1. The second kappa shape index (κ2) is 4.30. The van der Waals surface area contributed by atoms with Crippen LogP contribution in [0.4, 0.5) is 5.82 Å². The summed E-state index contributed by atoms with van der Waals surface area (Å²) in [6.45, 7) is 2.21. The molecule has 3 N–H and O–H groups in total. The molecule has 3 rings (SSSR count). The monoisotopic (exact) mass is 228 g/mol. The summed E-state index contributed by atoms with van der Waals surface area (Å²) in [5.41, 5.74) is 8.81. The lowest BCUT2D eigenvalue weighted by atomic mass is 9.90. The van der Waals surface area contributed by atoms with Gasteiger partial charge in [0.25, 0.3) is 0 Å². The van der Waals surface area contributed by atoms with Gasteiger partial charge in [0.2, 0.25) is 0 Å². The molecule has 1 aliphatic heterocycles. The minimum atomic E-state index is 0.479. The van der Waals surface area contributed by atoms with E-state index in [0.29, 0.717) is 11.7 Å². The van der Waals surface area contributed by atoms with E-state index in [2.05, 4.69) is 27.4 Å². The average Bonchev–Trinajstić information content (AvgIpc) is 2.39. The van der Waals surface area contributed by atoms with E-state index in [4.69, 9.17) is 5.73 Å². The first-order chi connectivity index (χ1) is 8.33. The molecule has 1 aliphatic rings. The van der Waals surface area contributed by atoms with Gasteiger partial charge in [-0.15, -0.1) is 0 Å². The minimum Gasteiger partial charge on any atom is -0.382 e. The highest BCUT2D eigenvalue weighted by atomic mass is 14.9. The van der Waals surface area contributed by atoms with Crippen LogP contribution in [0, 0.1) is 0 Å². The number of nitrogens with two attached hydrogens (primary N) is 1. The summed E-state index contributed by atoms with van der Waals surface area (Å²) in [4.78, 5) is 8.60. The summed E-state index contributed by atoms with van der Waals surface area (Å²) in [7, 11) is 0. The lowest BCUT2D eigenvalue weighted by Crippen LogP contribution is -2.26. The fraction of sp³-hybridized carbons (Fsp3) is 0.385. The lowest BCUT2D eigenvalue weighted by Gasteiger charge is -2.23. The molecule has 0 bridgehead atoms. The number of nitrogen functional groups attached to an aromatic ring is 1. The number of piperidine rings is 1. The maximum atomic E-state index is 5.62. The standard InChI is InChI=1S/C13H16N4/c14-13-8-16-12-7-10(1-2-11(12)17-13)9-3-5-15-6-4-9/h1-2,7-9,15H,3-6H2,(H2,14,17). The van der Waals surface area contributed by atoms with Crippen molar-refractivity contribution in [2.24, 2.45) is 0 Å². The van der Waals surface area contributed by atoms with E-state index in [9.17, 15) is 0 Å². The van der Waals surface area contributed by atoms with Crippen LogP contribution >= 0.6 is 0 Å². The van der Waals surface area contributed by atoms with Gasteiger partial charge in [-0.1, -0.05) is 6.07 Å². The number of nitrogens with one attached hydrogen (secondary N) is 1. The molecular formula is C13H16N4. The molecule has 0 aliphatic carbocycles. The highest BCUT2D eigenvalue weighted by molar-refractivity contribution is 5.76. The third-order valence-corrected chi connectivity index (χ3v) is 3.40. The van der Waals surface area contributed by atoms with Crippen LogP contribution in [0.5, 0.6) is 0 Å². The van der Waals surface area contributed by atoms with Crippen molar-refractivity contribution < 1.29 is 0 Å². The van der Waals surface area contributed by atoms with E-state index >= 15 is 0 Å². The van der Waals surface area contributed by atoms with Crippen molar-refractivity contribution in [3.05, 3.63) is 30.0 Å². The predicted octanol–water partition coefficient (Wildman–Crippen LogP) is 1.68. The molecule has 4 heteroatoms. The molecular weight excluding hydrogens is 212 g/mol. The highest BCUT2D eigenvalue weighted by Gasteiger charge is 2.15. The molecule has 4 nitrogen and oxygen atoms in total. The van der Waals surface area contributed by atoms with Crippen LogP contribution in [0.1, 0.15) is 24.3 Å². The van der Waals surface area contributed by atoms with Crippen LogP contribution in [0.3, 0.4) is 0 Å². The molecule has 17 heavy (non-hydrogen) atoms. The Morgan fingerprint density at radius 3 is 2.82 bits per heavy atom. The van der Waals surface area contributed by atoms with Crippen molar-refractivity contribution in [1.29, 1.82) is 0 Å². The average molecular weight is 228 g/mol. The summed E-state index contributed by atoms with van der Waals surface area (Å²) in [5.74, 6) is 1.13.